The van der Waals surface area contributed by atoms with E-state index in [9.17, 15) is 14.4 Å². The van der Waals surface area contributed by atoms with Crippen LogP contribution >= 0.6 is 0 Å². The highest BCUT2D eigenvalue weighted by Gasteiger charge is 2.31. The highest BCUT2D eigenvalue weighted by Crippen LogP contribution is 2.29. The first kappa shape index (κ1) is 15.0. The minimum Gasteiger partial charge on any atom is -0.434 e. The molecule has 1 aromatic carbocycles. The van der Waals surface area contributed by atoms with Crippen LogP contribution in [-0.2, 0) is 4.74 Å². The Morgan fingerprint density at radius 2 is 2.08 bits per heavy atom. The van der Waals surface area contributed by atoms with E-state index in [-0.39, 0.29) is 35.0 Å². The maximum atomic E-state index is 12.7. The van der Waals surface area contributed by atoms with Gasteiger partial charge in [0.15, 0.2) is 11.5 Å². The molecule has 0 saturated carbocycles. The first-order valence-electron chi connectivity index (χ1n) is 7.51. The van der Waals surface area contributed by atoms with E-state index in [0.29, 0.717) is 11.1 Å². The van der Waals surface area contributed by atoms with Gasteiger partial charge in [-0.3, -0.25) is 14.2 Å². The Labute approximate surface area is 140 Å². The molecule has 0 radical (unpaired) electrons. The van der Waals surface area contributed by atoms with E-state index in [1.54, 1.807) is 19.1 Å². The van der Waals surface area contributed by atoms with Gasteiger partial charge in [-0.25, -0.2) is 14.8 Å². The highest BCUT2D eigenvalue weighted by atomic mass is 16.7. The summed E-state index contributed by atoms with van der Waals surface area (Å²) >= 11 is 0. The van der Waals surface area contributed by atoms with Crippen molar-refractivity contribution >= 4 is 23.0 Å². The number of carbonyl (C=O) groups excluding carboxylic acids is 2. The maximum absolute atomic E-state index is 12.7. The molecule has 0 N–H and O–H groups in total. The molecule has 0 saturated heterocycles. The monoisotopic (exact) mass is 337 g/mol. The van der Waals surface area contributed by atoms with Crippen LogP contribution < -0.4 is 10.3 Å². The molecule has 1 aliphatic heterocycles. The zero-order valence-corrected chi connectivity index (χ0v) is 13.1. The van der Waals surface area contributed by atoms with Gasteiger partial charge in [0, 0.05) is 6.20 Å². The minimum atomic E-state index is -0.865. The first-order chi connectivity index (χ1) is 12.1. The van der Waals surface area contributed by atoms with Gasteiger partial charge in [-0.05, 0) is 37.3 Å². The molecule has 0 fully saturated rings. The molecular weight excluding hydrogens is 326 g/mol. The average molecular weight is 337 g/mol. The van der Waals surface area contributed by atoms with Crippen LogP contribution in [0.2, 0.25) is 0 Å². The third kappa shape index (κ3) is 2.26. The first-order valence-corrected chi connectivity index (χ1v) is 7.51. The molecule has 0 amide bonds. The van der Waals surface area contributed by atoms with Crippen molar-refractivity contribution in [2.75, 3.05) is 6.61 Å². The molecule has 0 atom stereocenters. The SMILES string of the molecule is CCOC(=O)Oc1ccc2c(c1)C(=O)c1nc3ncccc3c(=O)n1-2. The molecule has 1 aliphatic rings. The second kappa shape index (κ2) is 5.52. The fraction of sp³-hybridized carbons (Fsp3) is 0.118. The van der Waals surface area contributed by atoms with E-state index >= 15 is 0 Å². The van der Waals surface area contributed by atoms with Crippen molar-refractivity contribution in [2.24, 2.45) is 0 Å². The molecule has 8 nitrogen and oxygen atoms in total. The molecule has 25 heavy (non-hydrogen) atoms. The normalized spacial score (nSPS) is 12.0. The van der Waals surface area contributed by atoms with Gasteiger partial charge in [0.2, 0.25) is 5.78 Å². The summed E-state index contributed by atoms with van der Waals surface area (Å²) in [7, 11) is 0. The fourth-order valence-corrected chi connectivity index (χ4v) is 2.72. The molecule has 0 spiro atoms. The van der Waals surface area contributed by atoms with Crippen LogP contribution in [0.3, 0.4) is 0 Å². The molecule has 0 aliphatic carbocycles. The number of carbonyl (C=O) groups is 2. The summed E-state index contributed by atoms with van der Waals surface area (Å²) in [6, 6.07) is 7.64. The zero-order chi connectivity index (χ0) is 17.6. The topological polar surface area (TPSA) is 100 Å². The van der Waals surface area contributed by atoms with E-state index in [1.165, 1.54) is 29.0 Å². The minimum absolute atomic E-state index is 0.0144. The van der Waals surface area contributed by atoms with Crippen LogP contribution in [-0.4, -0.2) is 33.1 Å². The number of hydrogen-bond acceptors (Lipinski definition) is 7. The Bertz CT molecular complexity index is 1100. The second-order valence-corrected chi connectivity index (χ2v) is 5.24. The van der Waals surface area contributed by atoms with Gasteiger partial charge < -0.3 is 9.47 Å². The van der Waals surface area contributed by atoms with Crippen LogP contribution in [0.1, 0.15) is 23.1 Å². The standard InChI is InChI=1S/C17H11N3O5/c1-2-24-17(23)25-9-5-6-12-11(8-9)13(21)15-19-14-10(4-3-7-18-14)16(22)20(12)15/h3-8H,2H2,1H3. The van der Waals surface area contributed by atoms with Gasteiger partial charge in [0.05, 0.1) is 23.2 Å². The summed E-state index contributed by atoms with van der Waals surface area (Å²) in [5, 5.41) is 0.318. The summed E-state index contributed by atoms with van der Waals surface area (Å²) in [5.74, 6) is -0.303. The summed E-state index contributed by atoms with van der Waals surface area (Å²) < 4.78 is 11.0. The smallest absolute Gasteiger partial charge is 0.434 e. The van der Waals surface area contributed by atoms with E-state index in [4.69, 9.17) is 9.47 Å². The Morgan fingerprint density at radius 1 is 1.24 bits per heavy atom. The van der Waals surface area contributed by atoms with E-state index < -0.39 is 11.9 Å². The van der Waals surface area contributed by atoms with Crippen LogP contribution in [0.4, 0.5) is 4.79 Å². The van der Waals surface area contributed by atoms with Crippen molar-refractivity contribution in [2.45, 2.75) is 6.92 Å². The van der Waals surface area contributed by atoms with Crippen LogP contribution in [0.15, 0.2) is 41.3 Å². The van der Waals surface area contributed by atoms with Gasteiger partial charge in [-0.1, -0.05) is 0 Å². The van der Waals surface area contributed by atoms with Crippen LogP contribution in [0.5, 0.6) is 5.75 Å². The van der Waals surface area contributed by atoms with Gasteiger partial charge in [-0.2, -0.15) is 0 Å². The summed E-state index contributed by atoms with van der Waals surface area (Å²) in [6.45, 7) is 1.83. The Kier molecular flexibility index (Phi) is 3.31. The molecule has 8 heteroatoms. The zero-order valence-electron chi connectivity index (χ0n) is 13.1. The Morgan fingerprint density at radius 3 is 2.88 bits per heavy atom. The fourth-order valence-electron chi connectivity index (χ4n) is 2.72. The third-order valence-electron chi connectivity index (χ3n) is 3.76. The lowest BCUT2D eigenvalue weighted by molar-refractivity contribution is 0.101. The van der Waals surface area contributed by atoms with Gasteiger partial charge in [0.25, 0.3) is 5.56 Å². The molecule has 3 heterocycles. The largest absolute Gasteiger partial charge is 0.513 e. The lowest BCUT2D eigenvalue weighted by Crippen LogP contribution is -2.21. The van der Waals surface area contributed by atoms with Gasteiger partial charge >= 0.3 is 6.16 Å². The lowest BCUT2D eigenvalue weighted by Gasteiger charge is -2.06. The van der Waals surface area contributed by atoms with Crippen molar-refractivity contribution in [1.82, 2.24) is 14.5 Å². The van der Waals surface area contributed by atoms with Crippen molar-refractivity contribution in [1.29, 1.82) is 0 Å². The highest BCUT2D eigenvalue weighted by molar-refractivity contribution is 6.13. The number of hydrogen-bond donors (Lipinski definition) is 0. The predicted octanol–water partition coefficient (Wildman–Crippen LogP) is 1.86. The number of pyridine rings is 1. The van der Waals surface area contributed by atoms with Crippen molar-refractivity contribution < 1.29 is 19.1 Å². The number of ether oxygens (including phenoxy) is 2. The van der Waals surface area contributed by atoms with Gasteiger partial charge in [0.1, 0.15) is 5.75 Å². The van der Waals surface area contributed by atoms with Crippen LogP contribution in [0.25, 0.3) is 16.7 Å². The molecule has 3 aromatic rings. The van der Waals surface area contributed by atoms with E-state index in [1.807, 2.05) is 0 Å². The maximum Gasteiger partial charge on any atom is 0.513 e. The Balaban J connectivity index is 1.85. The average Bonchev–Trinajstić information content (AvgIpc) is 2.88. The quantitative estimate of drug-likeness (QED) is 0.406. The van der Waals surface area contributed by atoms with E-state index in [0.717, 1.165) is 0 Å². The van der Waals surface area contributed by atoms with E-state index in [2.05, 4.69) is 9.97 Å². The lowest BCUT2D eigenvalue weighted by atomic mass is 10.1. The van der Waals surface area contributed by atoms with Crippen molar-refractivity contribution in [3.05, 3.63) is 58.3 Å². The molecular formula is C17H11N3O5. The molecule has 0 unspecified atom stereocenters. The molecule has 2 aromatic heterocycles. The van der Waals surface area contributed by atoms with Crippen molar-refractivity contribution in [3.63, 3.8) is 0 Å². The summed E-state index contributed by atoms with van der Waals surface area (Å²) in [5.41, 5.74) is 0.448. The number of nitrogens with zero attached hydrogens (tertiary/aromatic N) is 3. The summed E-state index contributed by atoms with van der Waals surface area (Å²) in [6.07, 6.45) is 0.639. The van der Waals surface area contributed by atoms with Crippen molar-refractivity contribution in [3.8, 4) is 11.4 Å². The molecule has 124 valence electrons. The van der Waals surface area contributed by atoms with Gasteiger partial charge in [-0.15, -0.1) is 0 Å². The third-order valence-corrected chi connectivity index (χ3v) is 3.76. The number of rotatable bonds is 2. The molecule has 0 bridgehead atoms. The second-order valence-electron chi connectivity index (χ2n) is 5.24. The number of ketones is 1. The Hall–Kier alpha value is -3.55. The summed E-state index contributed by atoms with van der Waals surface area (Å²) in [4.78, 5) is 45.0. The number of benzene rings is 1. The predicted molar refractivity (Wildman–Crippen MR) is 86.2 cm³/mol. The molecule has 4 rings (SSSR count). The number of fused-ring (bicyclic) bond motifs is 4. The van der Waals surface area contributed by atoms with Crippen LogP contribution in [0, 0.1) is 0 Å². The number of aromatic nitrogens is 3.